The van der Waals surface area contributed by atoms with E-state index in [1.165, 1.54) is 17.8 Å². The number of rotatable bonds is 7. The number of carbonyl (C=O) groups excluding carboxylic acids is 1. The van der Waals surface area contributed by atoms with Crippen molar-refractivity contribution in [2.24, 2.45) is 0 Å². The van der Waals surface area contributed by atoms with Crippen LogP contribution in [0.5, 0.6) is 5.75 Å². The second kappa shape index (κ2) is 9.24. The molecule has 0 aliphatic carbocycles. The lowest BCUT2D eigenvalue weighted by Crippen LogP contribution is -2.13. The van der Waals surface area contributed by atoms with Crippen molar-refractivity contribution in [3.05, 3.63) is 72.0 Å². The zero-order valence-electron chi connectivity index (χ0n) is 16.6. The molecule has 4 aromatic rings. The Morgan fingerprint density at radius 2 is 2.13 bits per heavy atom. The summed E-state index contributed by atoms with van der Waals surface area (Å²) in [4.78, 5) is 20.2. The molecule has 0 aliphatic rings. The van der Waals surface area contributed by atoms with Crippen LogP contribution >= 0.6 is 11.8 Å². The normalized spacial score (nSPS) is 11.3. The first-order valence-electron chi connectivity index (χ1n) is 9.53. The smallest absolute Gasteiger partial charge is 0.266 e. The zero-order valence-corrected chi connectivity index (χ0v) is 17.4. The number of amides is 1. The number of carbonyl (C=O) groups is 1. The molecule has 0 spiro atoms. The Morgan fingerprint density at radius 1 is 1.26 bits per heavy atom. The standard InChI is InChI=1S/C23H18N4O3S/c1-2-29-17-7-5-6-16(13-17)25-22(28)15(14-24)12-18-10-11-21(30-18)31-23-26-19-8-3-4-9-20(19)27-23/h3-13H,2H2,1H3,(H,25,28)(H,26,27)/b15-12-. The van der Waals surface area contributed by atoms with Gasteiger partial charge in [0.1, 0.15) is 23.2 Å². The van der Waals surface area contributed by atoms with Crippen molar-refractivity contribution in [1.29, 1.82) is 5.26 Å². The van der Waals surface area contributed by atoms with Crippen molar-refractivity contribution in [1.82, 2.24) is 9.97 Å². The van der Waals surface area contributed by atoms with Crippen molar-refractivity contribution in [2.45, 2.75) is 17.2 Å². The van der Waals surface area contributed by atoms with Crippen molar-refractivity contribution >= 4 is 40.5 Å². The van der Waals surface area contributed by atoms with E-state index < -0.39 is 5.91 Å². The Hall–Kier alpha value is -3.96. The van der Waals surface area contributed by atoms with E-state index in [0.717, 1.165) is 11.0 Å². The molecule has 2 aromatic carbocycles. The molecule has 0 saturated carbocycles. The van der Waals surface area contributed by atoms with Crippen molar-refractivity contribution in [3.63, 3.8) is 0 Å². The highest BCUT2D eigenvalue weighted by molar-refractivity contribution is 7.99. The number of furan rings is 1. The monoisotopic (exact) mass is 430 g/mol. The number of nitrogens with zero attached hydrogens (tertiary/aromatic N) is 2. The lowest BCUT2D eigenvalue weighted by molar-refractivity contribution is -0.112. The summed E-state index contributed by atoms with van der Waals surface area (Å²) >= 11 is 1.33. The average molecular weight is 430 g/mol. The third-order valence-electron chi connectivity index (χ3n) is 4.22. The summed E-state index contributed by atoms with van der Waals surface area (Å²) in [5, 5.41) is 13.4. The topological polar surface area (TPSA) is 104 Å². The summed E-state index contributed by atoms with van der Waals surface area (Å²) in [6, 6.07) is 20.1. The van der Waals surface area contributed by atoms with Crippen molar-refractivity contribution in [3.8, 4) is 11.8 Å². The van der Waals surface area contributed by atoms with Crippen LogP contribution in [-0.2, 0) is 4.79 Å². The van der Waals surface area contributed by atoms with Crippen LogP contribution in [0.1, 0.15) is 12.7 Å². The minimum absolute atomic E-state index is 0.0727. The molecule has 2 aromatic heterocycles. The Labute approximate surface area is 182 Å². The van der Waals surface area contributed by atoms with Gasteiger partial charge in [0.15, 0.2) is 10.2 Å². The number of fused-ring (bicyclic) bond motifs is 1. The number of hydrogen-bond donors (Lipinski definition) is 2. The van der Waals surface area contributed by atoms with Gasteiger partial charge in [0, 0.05) is 17.8 Å². The fraction of sp³-hybridized carbons (Fsp3) is 0.0870. The molecule has 0 fully saturated rings. The predicted octanol–water partition coefficient (Wildman–Crippen LogP) is 5.25. The molecular formula is C23H18N4O3S. The van der Waals surface area contributed by atoms with Crippen LogP contribution in [0.4, 0.5) is 5.69 Å². The van der Waals surface area contributed by atoms with E-state index in [1.54, 1.807) is 36.4 Å². The van der Waals surface area contributed by atoms with Crippen LogP contribution in [0.25, 0.3) is 17.1 Å². The summed E-state index contributed by atoms with van der Waals surface area (Å²) in [6.45, 7) is 2.40. The van der Waals surface area contributed by atoms with Crippen LogP contribution in [0.3, 0.4) is 0 Å². The summed E-state index contributed by atoms with van der Waals surface area (Å²) < 4.78 is 11.2. The Balaban J connectivity index is 1.46. The van der Waals surface area contributed by atoms with Gasteiger partial charge in [-0.05, 0) is 55.1 Å². The fourth-order valence-corrected chi connectivity index (χ4v) is 3.63. The third-order valence-corrected chi connectivity index (χ3v) is 5.03. The zero-order chi connectivity index (χ0) is 21.6. The molecule has 0 saturated heterocycles. The van der Waals surface area contributed by atoms with Gasteiger partial charge in [-0.1, -0.05) is 18.2 Å². The number of para-hydroxylation sites is 2. The number of hydrogen-bond acceptors (Lipinski definition) is 6. The highest BCUT2D eigenvalue weighted by atomic mass is 32.2. The number of benzene rings is 2. The number of H-pyrrole nitrogens is 1. The SMILES string of the molecule is CCOc1cccc(NC(=O)/C(C#N)=C\c2ccc(Sc3nc4ccccc4[nH]3)o2)c1. The summed E-state index contributed by atoms with van der Waals surface area (Å²) in [5.41, 5.74) is 2.27. The molecule has 31 heavy (non-hydrogen) atoms. The van der Waals surface area contributed by atoms with E-state index in [1.807, 2.05) is 37.3 Å². The number of nitriles is 1. The summed E-state index contributed by atoms with van der Waals surface area (Å²) in [5.74, 6) is 0.508. The van der Waals surface area contributed by atoms with E-state index in [2.05, 4.69) is 15.3 Å². The van der Waals surface area contributed by atoms with E-state index in [9.17, 15) is 10.1 Å². The van der Waals surface area contributed by atoms with Gasteiger partial charge in [-0.25, -0.2) is 4.98 Å². The quantitative estimate of drug-likeness (QED) is 0.306. The van der Waals surface area contributed by atoms with E-state index in [-0.39, 0.29) is 5.57 Å². The summed E-state index contributed by atoms with van der Waals surface area (Å²) in [6.07, 6.45) is 1.41. The van der Waals surface area contributed by atoms with Gasteiger partial charge < -0.3 is 19.5 Å². The number of anilines is 1. The Morgan fingerprint density at radius 3 is 2.94 bits per heavy atom. The minimum Gasteiger partial charge on any atom is -0.494 e. The lowest BCUT2D eigenvalue weighted by Gasteiger charge is -2.07. The maximum Gasteiger partial charge on any atom is 0.266 e. The molecule has 2 N–H and O–H groups in total. The second-order valence-electron chi connectivity index (χ2n) is 6.40. The van der Waals surface area contributed by atoms with Gasteiger partial charge in [-0.3, -0.25) is 4.79 Å². The van der Waals surface area contributed by atoms with Gasteiger partial charge in [-0.2, -0.15) is 5.26 Å². The number of imidazole rings is 1. The average Bonchev–Trinajstić information content (AvgIpc) is 3.38. The highest BCUT2D eigenvalue weighted by Gasteiger charge is 2.13. The first-order chi connectivity index (χ1) is 15.1. The molecule has 8 heteroatoms. The van der Waals surface area contributed by atoms with Crippen molar-refractivity contribution in [2.75, 3.05) is 11.9 Å². The van der Waals surface area contributed by atoms with E-state index in [0.29, 0.717) is 34.1 Å². The van der Waals surface area contributed by atoms with Crippen LogP contribution in [0.15, 0.2) is 80.9 Å². The number of ether oxygens (including phenoxy) is 1. The first-order valence-corrected chi connectivity index (χ1v) is 10.3. The van der Waals surface area contributed by atoms with Gasteiger partial charge in [-0.15, -0.1) is 0 Å². The highest BCUT2D eigenvalue weighted by Crippen LogP contribution is 2.29. The maximum atomic E-state index is 12.5. The van der Waals surface area contributed by atoms with Crippen molar-refractivity contribution < 1.29 is 13.9 Å². The van der Waals surface area contributed by atoms with Gasteiger partial charge in [0.2, 0.25) is 0 Å². The molecule has 154 valence electrons. The van der Waals surface area contributed by atoms with E-state index >= 15 is 0 Å². The molecule has 0 atom stereocenters. The molecule has 2 heterocycles. The molecule has 0 bridgehead atoms. The molecule has 0 unspecified atom stereocenters. The number of nitrogens with one attached hydrogen (secondary N) is 2. The number of aromatic amines is 1. The second-order valence-corrected chi connectivity index (χ2v) is 7.40. The molecule has 0 radical (unpaired) electrons. The van der Waals surface area contributed by atoms with Crippen LogP contribution in [0, 0.1) is 11.3 Å². The van der Waals surface area contributed by atoms with Gasteiger partial charge in [0.05, 0.1) is 17.6 Å². The summed E-state index contributed by atoms with van der Waals surface area (Å²) in [7, 11) is 0. The van der Waals surface area contributed by atoms with Crippen LogP contribution < -0.4 is 10.1 Å². The van der Waals surface area contributed by atoms with Gasteiger partial charge in [0.25, 0.3) is 5.91 Å². The Bertz CT molecular complexity index is 1270. The molecule has 4 rings (SSSR count). The third kappa shape index (κ3) is 4.97. The largest absolute Gasteiger partial charge is 0.494 e. The van der Waals surface area contributed by atoms with E-state index in [4.69, 9.17) is 9.15 Å². The number of aromatic nitrogens is 2. The lowest BCUT2D eigenvalue weighted by atomic mass is 10.2. The molecule has 1 amide bonds. The molecule has 7 nitrogen and oxygen atoms in total. The first kappa shape index (κ1) is 20.3. The minimum atomic E-state index is -0.529. The Kier molecular flexibility index (Phi) is 6.05. The van der Waals surface area contributed by atoms with Crippen LogP contribution in [-0.4, -0.2) is 22.5 Å². The predicted molar refractivity (Wildman–Crippen MR) is 119 cm³/mol. The molecule has 0 aliphatic heterocycles. The fourth-order valence-electron chi connectivity index (χ4n) is 2.86. The maximum absolute atomic E-state index is 12.5. The van der Waals surface area contributed by atoms with Crippen LogP contribution in [0.2, 0.25) is 0 Å². The van der Waals surface area contributed by atoms with Gasteiger partial charge >= 0.3 is 0 Å². The molecular weight excluding hydrogens is 412 g/mol.